The van der Waals surface area contributed by atoms with E-state index in [4.69, 9.17) is 4.74 Å². The van der Waals surface area contributed by atoms with Crippen molar-refractivity contribution in [2.24, 2.45) is 0 Å². The van der Waals surface area contributed by atoms with Crippen molar-refractivity contribution in [1.82, 2.24) is 5.32 Å². The zero-order chi connectivity index (χ0) is 6.10. The van der Waals surface area contributed by atoms with E-state index in [1.54, 1.807) is 0 Å². The van der Waals surface area contributed by atoms with Gasteiger partial charge in [-0.05, 0) is 19.3 Å². The first-order valence-corrected chi connectivity index (χ1v) is 3.82. The molecule has 0 aromatic rings. The fourth-order valence-corrected chi connectivity index (χ4v) is 1.41. The van der Waals surface area contributed by atoms with Gasteiger partial charge in [-0.25, -0.2) is 0 Å². The lowest BCUT2D eigenvalue weighted by atomic mass is 10.1. The minimum atomic E-state index is 0.554. The highest BCUT2D eigenvalue weighted by Gasteiger charge is 2.31. The first-order chi connectivity index (χ1) is 4.47. The van der Waals surface area contributed by atoms with Gasteiger partial charge in [0.1, 0.15) is 0 Å². The quantitative estimate of drug-likeness (QED) is 0.521. The lowest BCUT2D eigenvalue weighted by molar-refractivity contribution is 0.0159. The SMILES string of the molecule is C1CCC(C2CN2)OC1. The number of ether oxygens (including phenoxy) is 1. The molecular weight excluding hydrogens is 114 g/mol. The van der Waals surface area contributed by atoms with Crippen molar-refractivity contribution >= 4 is 0 Å². The molecule has 2 fully saturated rings. The Labute approximate surface area is 55.6 Å². The van der Waals surface area contributed by atoms with Gasteiger partial charge in [-0.15, -0.1) is 0 Å². The van der Waals surface area contributed by atoms with Crippen LogP contribution in [0.5, 0.6) is 0 Å². The van der Waals surface area contributed by atoms with E-state index in [2.05, 4.69) is 5.32 Å². The Balaban J connectivity index is 1.80. The van der Waals surface area contributed by atoms with Crippen molar-refractivity contribution in [3.63, 3.8) is 0 Å². The second-order valence-electron chi connectivity index (χ2n) is 2.92. The summed E-state index contributed by atoms with van der Waals surface area (Å²) in [6, 6.07) is 0.713. The van der Waals surface area contributed by atoms with Crippen LogP contribution in [0.25, 0.3) is 0 Å². The number of hydrogen-bond donors (Lipinski definition) is 1. The lowest BCUT2D eigenvalue weighted by Crippen LogP contribution is -2.25. The second-order valence-corrected chi connectivity index (χ2v) is 2.92. The summed E-state index contributed by atoms with van der Waals surface area (Å²) in [5.41, 5.74) is 0. The highest BCUT2D eigenvalue weighted by Crippen LogP contribution is 2.19. The van der Waals surface area contributed by atoms with E-state index in [1.165, 1.54) is 25.8 Å². The molecule has 0 bridgehead atoms. The summed E-state index contributed by atoms with van der Waals surface area (Å²) in [4.78, 5) is 0. The third-order valence-electron chi connectivity index (χ3n) is 2.10. The van der Waals surface area contributed by atoms with Gasteiger partial charge >= 0.3 is 0 Å². The largest absolute Gasteiger partial charge is 0.377 e. The van der Waals surface area contributed by atoms with E-state index in [0.717, 1.165) is 6.61 Å². The Morgan fingerprint density at radius 1 is 1.33 bits per heavy atom. The van der Waals surface area contributed by atoms with Gasteiger partial charge in [-0.2, -0.15) is 0 Å². The summed E-state index contributed by atoms with van der Waals surface area (Å²) in [7, 11) is 0. The van der Waals surface area contributed by atoms with Crippen LogP contribution >= 0.6 is 0 Å². The Bertz CT molecular complexity index is 95.1. The molecule has 2 atom stereocenters. The van der Waals surface area contributed by atoms with Gasteiger partial charge in [0.25, 0.3) is 0 Å². The second kappa shape index (κ2) is 2.27. The molecule has 2 nitrogen and oxygen atoms in total. The maximum atomic E-state index is 5.54. The molecule has 0 aromatic heterocycles. The van der Waals surface area contributed by atoms with E-state index < -0.39 is 0 Å². The molecule has 2 aliphatic heterocycles. The van der Waals surface area contributed by atoms with E-state index in [0.29, 0.717) is 12.1 Å². The zero-order valence-corrected chi connectivity index (χ0v) is 5.60. The molecule has 0 aliphatic carbocycles. The fourth-order valence-electron chi connectivity index (χ4n) is 1.41. The summed E-state index contributed by atoms with van der Waals surface area (Å²) >= 11 is 0. The van der Waals surface area contributed by atoms with Crippen LogP contribution in [0, 0.1) is 0 Å². The molecule has 2 heterocycles. The van der Waals surface area contributed by atoms with Crippen molar-refractivity contribution in [2.75, 3.05) is 13.2 Å². The molecule has 2 aliphatic rings. The third-order valence-corrected chi connectivity index (χ3v) is 2.10. The van der Waals surface area contributed by atoms with Crippen molar-refractivity contribution in [1.29, 1.82) is 0 Å². The summed E-state index contributed by atoms with van der Waals surface area (Å²) in [5.74, 6) is 0. The highest BCUT2D eigenvalue weighted by molar-refractivity contribution is 4.91. The van der Waals surface area contributed by atoms with Gasteiger partial charge in [-0.3, -0.25) is 0 Å². The number of rotatable bonds is 1. The molecule has 52 valence electrons. The maximum absolute atomic E-state index is 5.54. The summed E-state index contributed by atoms with van der Waals surface area (Å²) < 4.78 is 5.54. The molecular formula is C7H13NO. The summed E-state index contributed by atoms with van der Waals surface area (Å²) in [6.45, 7) is 2.17. The van der Waals surface area contributed by atoms with Gasteiger partial charge in [0.2, 0.25) is 0 Å². The Hall–Kier alpha value is -0.0800. The number of hydrogen-bond acceptors (Lipinski definition) is 2. The molecule has 0 saturated carbocycles. The van der Waals surface area contributed by atoms with Crippen molar-refractivity contribution in [3.8, 4) is 0 Å². The van der Waals surface area contributed by atoms with E-state index >= 15 is 0 Å². The lowest BCUT2D eigenvalue weighted by Gasteiger charge is -2.20. The molecule has 1 N–H and O–H groups in total. The average Bonchev–Trinajstić information content (AvgIpc) is 2.71. The van der Waals surface area contributed by atoms with Crippen LogP contribution in [0.15, 0.2) is 0 Å². The predicted molar refractivity (Wildman–Crippen MR) is 35.4 cm³/mol. The molecule has 9 heavy (non-hydrogen) atoms. The van der Waals surface area contributed by atoms with Gasteiger partial charge in [0.05, 0.1) is 6.10 Å². The molecule has 0 amide bonds. The molecule has 2 saturated heterocycles. The van der Waals surface area contributed by atoms with E-state index in [1.807, 2.05) is 0 Å². The van der Waals surface area contributed by atoms with Gasteiger partial charge in [0.15, 0.2) is 0 Å². The topological polar surface area (TPSA) is 31.2 Å². The van der Waals surface area contributed by atoms with Crippen molar-refractivity contribution in [3.05, 3.63) is 0 Å². The van der Waals surface area contributed by atoms with Crippen LogP contribution in [0.4, 0.5) is 0 Å². The average molecular weight is 127 g/mol. The number of nitrogens with one attached hydrogen (secondary N) is 1. The Kier molecular flexibility index (Phi) is 1.44. The van der Waals surface area contributed by atoms with Crippen LogP contribution in [-0.2, 0) is 4.74 Å². The standard InChI is InChI=1S/C7H13NO/c1-2-4-9-7(3-1)6-5-8-6/h6-8H,1-5H2. The fraction of sp³-hybridized carbons (Fsp3) is 1.00. The highest BCUT2D eigenvalue weighted by atomic mass is 16.5. The summed E-state index contributed by atoms with van der Waals surface area (Å²) in [6.07, 6.45) is 4.46. The minimum absolute atomic E-state index is 0.554. The molecule has 0 spiro atoms. The monoisotopic (exact) mass is 127 g/mol. The zero-order valence-electron chi connectivity index (χ0n) is 5.60. The van der Waals surface area contributed by atoms with Crippen LogP contribution in [0.3, 0.4) is 0 Å². The molecule has 2 unspecified atom stereocenters. The van der Waals surface area contributed by atoms with Gasteiger partial charge < -0.3 is 10.1 Å². The smallest absolute Gasteiger partial charge is 0.0740 e. The van der Waals surface area contributed by atoms with E-state index in [9.17, 15) is 0 Å². The van der Waals surface area contributed by atoms with E-state index in [-0.39, 0.29) is 0 Å². The van der Waals surface area contributed by atoms with Gasteiger partial charge in [-0.1, -0.05) is 0 Å². The van der Waals surface area contributed by atoms with Crippen LogP contribution in [0.1, 0.15) is 19.3 Å². The molecule has 0 aromatic carbocycles. The van der Waals surface area contributed by atoms with Crippen LogP contribution in [0.2, 0.25) is 0 Å². The normalized spacial score (nSPS) is 42.7. The predicted octanol–water partition coefficient (Wildman–Crippen LogP) is 0.527. The maximum Gasteiger partial charge on any atom is 0.0740 e. The Morgan fingerprint density at radius 3 is 2.78 bits per heavy atom. The first-order valence-electron chi connectivity index (χ1n) is 3.82. The van der Waals surface area contributed by atoms with Crippen LogP contribution in [-0.4, -0.2) is 25.3 Å². The minimum Gasteiger partial charge on any atom is -0.377 e. The molecule has 0 radical (unpaired) electrons. The van der Waals surface area contributed by atoms with Crippen LogP contribution < -0.4 is 5.32 Å². The van der Waals surface area contributed by atoms with Gasteiger partial charge in [0, 0.05) is 19.2 Å². The molecule has 2 heteroatoms. The van der Waals surface area contributed by atoms with Crippen molar-refractivity contribution < 1.29 is 4.74 Å². The molecule has 2 rings (SSSR count). The Morgan fingerprint density at radius 2 is 2.22 bits per heavy atom. The van der Waals surface area contributed by atoms with Crippen molar-refractivity contribution in [2.45, 2.75) is 31.4 Å². The summed E-state index contributed by atoms with van der Waals surface area (Å²) in [5, 5.41) is 3.28. The first kappa shape index (κ1) is 5.69. The third kappa shape index (κ3) is 1.25.